The van der Waals surface area contributed by atoms with Crippen molar-refractivity contribution in [2.24, 2.45) is 0 Å². The second kappa shape index (κ2) is 6.14. The standard InChI is InChI=1S/C13H18N6O/c1-8(2)12-17-6-9(14-3)11(19-12)13(20)18-7-10-15-4-5-16-10/h4-6,8,14H,7H2,1-3H3,(H,15,16)(H,18,20). The van der Waals surface area contributed by atoms with E-state index in [1.54, 1.807) is 25.6 Å². The van der Waals surface area contributed by atoms with Crippen molar-refractivity contribution in [1.29, 1.82) is 0 Å². The van der Waals surface area contributed by atoms with Crippen LogP contribution < -0.4 is 10.6 Å². The number of hydrogen-bond donors (Lipinski definition) is 3. The van der Waals surface area contributed by atoms with E-state index in [-0.39, 0.29) is 11.8 Å². The predicted octanol–water partition coefficient (Wildman–Crippen LogP) is 1.29. The second-order valence-corrected chi connectivity index (χ2v) is 4.61. The van der Waals surface area contributed by atoms with Crippen LogP contribution in [0.3, 0.4) is 0 Å². The van der Waals surface area contributed by atoms with E-state index in [1.807, 2.05) is 13.8 Å². The molecule has 106 valence electrons. The van der Waals surface area contributed by atoms with E-state index in [4.69, 9.17) is 0 Å². The van der Waals surface area contributed by atoms with Gasteiger partial charge in [-0.3, -0.25) is 4.79 Å². The van der Waals surface area contributed by atoms with Crippen LogP contribution >= 0.6 is 0 Å². The normalized spacial score (nSPS) is 10.6. The molecule has 20 heavy (non-hydrogen) atoms. The van der Waals surface area contributed by atoms with E-state index >= 15 is 0 Å². The molecule has 0 atom stereocenters. The lowest BCUT2D eigenvalue weighted by Crippen LogP contribution is -2.26. The fourth-order valence-electron chi connectivity index (χ4n) is 1.67. The number of anilines is 1. The molecular weight excluding hydrogens is 256 g/mol. The van der Waals surface area contributed by atoms with E-state index in [1.165, 1.54) is 0 Å². The van der Waals surface area contributed by atoms with Gasteiger partial charge >= 0.3 is 0 Å². The maximum absolute atomic E-state index is 12.2. The predicted molar refractivity (Wildman–Crippen MR) is 75.4 cm³/mol. The summed E-state index contributed by atoms with van der Waals surface area (Å²) in [6.07, 6.45) is 4.98. The zero-order valence-electron chi connectivity index (χ0n) is 11.8. The van der Waals surface area contributed by atoms with Crippen LogP contribution in [0, 0.1) is 0 Å². The average molecular weight is 274 g/mol. The number of aromatic nitrogens is 4. The largest absolute Gasteiger partial charge is 0.385 e. The highest BCUT2D eigenvalue weighted by Gasteiger charge is 2.15. The van der Waals surface area contributed by atoms with Crippen molar-refractivity contribution in [3.8, 4) is 0 Å². The molecule has 7 heteroatoms. The van der Waals surface area contributed by atoms with Crippen LogP contribution in [0.5, 0.6) is 0 Å². The van der Waals surface area contributed by atoms with Crippen molar-refractivity contribution in [2.75, 3.05) is 12.4 Å². The van der Waals surface area contributed by atoms with Crippen molar-refractivity contribution < 1.29 is 4.79 Å². The molecule has 0 aromatic carbocycles. The Kier molecular flexibility index (Phi) is 4.29. The minimum absolute atomic E-state index is 0.164. The number of imidazole rings is 1. The third-order valence-corrected chi connectivity index (χ3v) is 2.78. The summed E-state index contributed by atoms with van der Waals surface area (Å²) in [6, 6.07) is 0. The van der Waals surface area contributed by atoms with E-state index in [0.717, 1.165) is 0 Å². The molecule has 2 aromatic rings. The number of hydrogen-bond acceptors (Lipinski definition) is 5. The SMILES string of the molecule is CNc1cnc(C(C)C)nc1C(=O)NCc1ncc[nH]1. The summed E-state index contributed by atoms with van der Waals surface area (Å²) in [5.74, 6) is 1.25. The molecule has 0 aliphatic rings. The first kappa shape index (κ1) is 14.0. The number of H-pyrrole nitrogens is 1. The zero-order valence-corrected chi connectivity index (χ0v) is 11.8. The highest BCUT2D eigenvalue weighted by molar-refractivity contribution is 5.97. The number of aromatic amines is 1. The number of carbonyl (C=O) groups is 1. The van der Waals surface area contributed by atoms with Crippen molar-refractivity contribution in [1.82, 2.24) is 25.3 Å². The number of amides is 1. The third-order valence-electron chi connectivity index (χ3n) is 2.78. The minimum atomic E-state index is -0.255. The van der Waals surface area contributed by atoms with Crippen LogP contribution in [0.2, 0.25) is 0 Å². The summed E-state index contributed by atoms with van der Waals surface area (Å²) in [4.78, 5) is 27.7. The van der Waals surface area contributed by atoms with Crippen LogP contribution in [0.15, 0.2) is 18.6 Å². The Balaban J connectivity index is 2.16. The van der Waals surface area contributed by atoms with Gasteiger partial charge in [0.2, 0.25) is 0 Å². The molecule has 0 aliphatic carbocycles. The Labute approximate surface area is 117 Å². The van der Waals surface area contributed by atoms with Gasteiger partial charge in [-0.05, 0) is 0 Å². The first-order valence-corrected chi connectivity index (χ1v) is 6.43. The van der Waals surface area contributed by atoms with E-state index in [9.17, 15) is 4.79 Å². The van der Waals surface area contributed by atoms with Gasteiger partial charge in [-0.25, -0.2) is 15.0 Å². The van der Waals surface area contributed by atoms with Gasteiger partial charge in [0.25, 0.3) is 5.91 Å². The molecule has 3 N–H and O–H groups in total. The highest BCUT2D eigenvalue weighted by atomic mass is 16.1. The molecule has 7 nitrogen and oxygen atoms in total. The van der Waals surface area contributed by atoms with Gasteiger partial charge in [-0.1, -0.05) is 13.8 Å². The van der Waals surface area contributed by atoms with Gasteiger partial charge in [0, 0.05) is 25.4 Å². The molecule has 0 aliphatic heterocycles. The lowest BCUT2D eigenvalue weighted by Gasteiger charge is -2.11. The van der Waals surface area contributed by atoms with E-state index in [2.05, 4.69) is 30.6 Å². The van der Waals surface area contributed by atoms with Gasteiger partial charge < -0.3 is 15.6 Å². The maximum Gasteiger partial charge on any atom is 0.272 e. The molecule has 0 radical (unpaired) electrons. The minimum Gasteiger partial charge on any atom is -0.385 e. The molecule has 0 saturated carbocycles. The van der Waals surface area contributed by atoms with Crippen LogP contribution in [0.25, 0.3) is 0 Å². The molecule has 0 bridgehead atoms. The van der Waals surface area contributed by atoms with Crippen molar-refractivity contribution >= 4 is 11.6 Å². The summed E-state index contributed by atoms with van der Waals surface area (Å²) >= 11 is 0. The second-order valence-electron chi connectivity index (χ2n) is 4.61. The Hall–Kier alpha value is -2.44. The molecule has 2 rings (SSSR count). The highest BCUT2D eigenvalue weighted by Crippen LogP contribution is 2.15. The van der Waals surface area contributed by atoms with Crippen LogP contribution in [-0.4, -0.2) is 32.9 Å². The fourth-order valence-corrected chi connectivity index (χ4v) is 1.67. The topological polar surface area (TPSA) is 95.6 Å². The molecule has 2 aromatic heterocycles. The number of rotatable bonds is 5. The first-order valence-electron chi connectivity index (χ1n) is 6.43. The summed E-state index contributed by atoms with van der Waals surface area (Å²) < 4.78 is 0. The summed E-state index contributed by atoms with van der Waals surface area (Å²) in [6.45, 7) is 4.30. The summed E-state index contributed by atoms with van der Waals surface area (Å²) in [7, 11) is 1.73. The van der Waals surface area contributed by atoms with E-state index in [0.29, 0.717) is 29.6 Å². The number of nitrogens with one attached hydrogen (secondary N) is 3. The number of nitrogens with zero attached hydrogens (tertiary/aromatic N) is 3. The van der Waals surface area contributed by atoms with Gasteiger partial charge in [-0.15, -0.1) is 0 Å². The number of carbonyl (C=O) groups excluding carboxylic acids is 1. The summed E-state index contributed by atoms with van der Waals surface area (Å²) in [5, 5.41) is 5.71. The zero-order chi connectivity index (χ0) is 14.5. The Morgan fingerprint density at radius 3 is 2.80 bits per heavy atom. The maximum atomic E-state index is 12.2. The first-order chi connectivity index (χ1) is 9.61. The molecule has 0 unspecified atom stereocenters. The molecular formula is C13H18N6O. The lowest BCUT2D eigenvalue weighted by atomic mass is 10.2. The molecule has 0 fully saturated rings. The van der Waals surface area contributed by atoms with Crippen LogP contribution in [-0.2, 0) is 6.54 Å². The van der Waals surface area contributed by atoms with Gasteiger partial charge in [0.1, 0.15) is 11.6 Å². The molecule has 0 saturated heterocycles. The Bertz CT molecular complexity index is 579. The smallest absolute Gasteiger partial charge is 0.272 e. The van der Waals surface area contributed by atoms with Gasteiger partial charge in [0.15, 0.2) is 5.69 Å². The van der Waals surface area contributed by atoms with Crippen molar-refractivity contribution in [2.45, 2.75) is 26.3 Å². The third kappa shape index (κ3) is 3.11. The van der Waals surface area contributed by atoms with Crippen molar-refractivity contribution in [3.63, 3.8) is 0 Å². The molecule has 2 heterocycles. The summed E-state index contributed by atoms with van der Waals surface area (Å²) in [5.41, 5.74) is 0.948. The quantitative estimate of drug-likeness (QED) is 0.763. The molecule has 1 amide bonds. The Morgan fingerprint density at radius 2 is 2.20 bits per heavy atom. The monoisotopic (exact) mass is 274 g/mol. The lowest BCUT2D eigenvalue weighted by molar-refractivity contribution is 0.0945. The Morgan fingerprint density at radius 1 is 1.40 bits per heavy atom. The van der Waals surface area contributed by atoms with Crippen LogP contribution in [0.4, 0.5) is 5.69 Å². The fraction of sp³-hybridized carbons (Fsp3) is 0.385. The van der Waals surface area contributed by atoms with E-state index < -0.39 is 0 Å². The van der Waals surface area contributed by atoms with Crippen LogP contribution in [0.1, 0.15) is 41.9 Å². The van der Waals surface area contributed by atoms with Gasteiger partial charge in [0.05, 0.1) is 18.4 Å². The average Bonchev–Trinajstić information content (AvgIpc) is 2.97. The van der Waals surface area contributed by atoms with Gasteiger partial charge in [-0.2, -0.15) is 0 Å². The van der Waals surface area contributed by atoms with Crippen molar-refractivity contribution in [3.05, 3.63) is 35.9 Å². The molecule has 0 spiro atoms.